The van der Waals surface area contributed by atoms with E-state index in [9.17, 15) is 4.79 Å². The van der Waals surface area contributed by atoms with Crippen molar-refractivity contribution in [3.63, 3.8) is 0 Å². The van der Waals surface area contributed by atoms with Crippen molar-refractivity contribution >= 4 is 5.91 Å². The maximum absolute atomic E-state index is 12.5. The fraction of sp³-hybridized carbons (Fsp3) is 0.870. The molecule has 26 heavy (non-hydrogen) atoms. The van der Waals surface area contributed by atoms with Gasteiger partial charge >= 0.3 is 0 Å². The number of nitrogens with two attached hydrogens (primary N) is 1. The molecule has 0 fully saturated rings. The number of carbonyl (C=O) groups excluding carboxylic acids is 1. The Labute approximate surface area is 163 Å². The van der Waals surface area contributed by atoms with E-state index in [2.05, 4.69) is 65.9 Å². The van der Waals surface area contributed by atoms with Gasteiger partial charge in [0.1, 0.15) is 0 Å². The molecular formula is C23H46N2O. The van der Waals surface area contributed by atoms with Crippen LogP contribution >= 0.6 is 0 Å². The second kappa shape index (κ2) is 9.92. The Hall–Kier alpha value is -0.830. The molecule has 1 atom stereocenters. The van der Waals surface area contributed by atoms with Gasteiger partial charge < -0.3 is 11.1 Å². The summed E-state index contributed by atoms with van der Waals surface area (Å²) in [5.41, 5.74) is 5.53. The predicted octanol–water partition coefficient (Wildman–Crippen LogP) is 5.69. The highest BCUT2D eigenvalue weighted by atomic mass is 16.2. The van der Waals surface area contributed by atoms with Gasteiger partial charge in [-0.15, -0.1) is 0 Å². The molecule has 154 valence electrons. The average molecular weight is 367 g/mol. The van der Waals surface area contributed by atoms with Crippen molar-refractivity contribution in [2.75, 3.05) is 13.1 Å². The fourth-order valence-electron chi connectivity index (χ4n) is 4.05. The number of carbonyl (C=O) groups is 1. The van der Waals surface area contributed by atoms with Crippen LogP contribution in [0, 0.1) is 21.7 Å². The van der Waals surface area contributed by atoms with Crippen molar-refractivity contribution < 1.29 is 4.79 Å². The van der Waals surface area contributed by atoms with E-state index in [-0.39, 0.29) is 16.7 Å². The van der Waals surface area contributed by atoms with Crippen molar-refractivity contribution in [3.8, 4) is 0 Å². The molecule has 0 aliphatic carbocycles. The van der Waals surface area contributed by atoms with Crippen molar-refractivity contribution in [1.29, 1.82) is 0 Å². The van der Waals surface area contributed by atoms with E-state index >= 15 is 0 Å². The molecule has 0 heterocycles. The van der Waals surface area contributed by atoms with Gasteiger partial charge in [-0.1, -0.05) is 80.9 Å². The number of allylic oxidation sites excluding steroid dienone is 2. The third-order valence-corrected chi connectivity index (χ3v) is 6.29. The minimum atomic E-state index is -0.412. The molecule has 3 heteroatoms. The third-order valence-electron chi connectivity index (χ3n) is 6.29. The molecule has 3 nitrogen and oxygen atoms in total. The van der Waals surface area contributed by atoms with Gasteiger partial charge in [-0.2, -0.15) is 0 Å². The normalized spacial score (nSPS) is 15.9. The van der Waals surface area contributed by atoms with Gasteiger partial charge in [0.05, 0.1) is 0 Å². The summed E-state index contributed by atoms with van der Waals surface area (Å²) in [6.45, 7) is 21.3. The zero-order chi connectivity index (χ0) is 20.6. The van der Waals surface area contributed by atoms with Gasteiger partial charge in [-0.3, -0.25) is 4.79 Å². The molecule has 0 aliphatic heterocycles. The summed E-state index contributed by atoms with van der Waals surface area (Å²) in [6.07, 6.45) is 10.3. The summed E-state index contributed by atoms with van der Waals surface area (Å²) in [4.78, 5) is 12.5. The van der Waals surface area contributed by atoms with Gasteiger partial charge in [0.2, 0.25) is 5.91 Å². The zero-order valence-electron chi connectivity index (χ0n) is 19.1. The van der Waals surface area contributed by atoms with Gasteiger partial charge in [-0.25, -0.2) is 0 Å². The molecule has 0 aliphatic rings. The van der Waals surface area contributed by atoms with Crippen LogP contribution in [0.2, 0.25) is 0 Å². The second-order valence-corrected chi connectivity index (χ2v) is 10.3. The summed E-state index contributed by atoms with van der Waals surface area (Å²) < 4.78 is 0. The predicted molar refractivity (Wildman–Crippen MR) is 115 cm³/mol. The Bertz CT molecular complexity index is 463. The number of rotatable bonds is 12. The molecule has 3 N–H and O–H groups in total. The first-order valence-electron chi connectivity index (χ1n) is 10.4. The zero-order valence-corrected chi connectivity index (χ0v) is 19.1. The van der Waals surface area contributed by atoms with E-state index in [0.29, 0.717) is 18.5 Å². The lowest BCUT2D eigenvalue weighted by atomic mass is 9.59. The Balaban J connectivity index is 5.26. The molecule has 1 unspecified atom stereocenters. The Morgan fingerprint density at radius 1 is 1.04 bits per heavy atom. The Kier molecular flexibility index (Phi) is 9.60. The van der Waals surface area contributed by atoms with Crippen LogP contribution < -0.4 is 11.1 Å². The number of hydrogen-bond donors (Lipinski definition) is 2. The van der Waals surface area contributed by atoms with Crippen molar-refractivity contribution in [3.05, 3.63) is 12.2 Å². The van der Waals surface area contributed by atoms with Crippen LogP contribution in [0.3, 0.4) is 0 Å². The Morgan fingerprint density at radius 3 is 2.08 bits per heavy atom. The van der Waals surface area contributed by atoms with E-state index in [4.69, 9.17) is 5.73 Å². The van der Waals surface area contributed by atoms with Crippen LogP contribution in [-0.2, 0) is 4.79 Å². The van der Waals surface area contributed by atoms with Crippen molar-refractivity contribution in [1.82, 2.24) is 5.32 Å². The van der Waals surface area contributed by atoms with Gasteiger partial charge in [-0.05, 0) is 41.9 Å². The molecular weight excluding hydrogens is 320 g/mol. The summed E-state index contributed by atoms with van der Waals surface area (Å²) in [6, 6.07) is 0. The average Bonchev–Trinajstić information content (AvgIpc) is 2.50. The molecule has 0 aromatic rings. The van der Waals surface area contributed by atoms with E-state index in [0.717, 1.165) is 19.3 Å². The largest absolute Gasteiger partial charge is 0.354 e. The molecule has 1 amide bonds. The maximum Gasteiger partial charge on any atom is 0.225 e. The SMILES string of the molecule is CCCC(C)(C)CC=CC(C)(CC)C(C)(C)CC(C)(C)C(=O)NCCN. The highest BCUT2D eigenvalue weighted by Gasteiger charge is 2.43. The topological polar surface area (TPSA) is 55.1 Å². The summed E-state index contributed by atoms with van der Waals surface area (Å²) in [7, 11) is 0. The van der Waals surface area contributed by atoms with Crippen LogP contribution in [0.15, 0.2) is 12.2 Å². The highest BCUT2D eigenvalue weighted by molar-refractivity contribution is 5.81. The van der Waals surface area contributed by atoms with E-state index in [1.807, 2.05) is 13.8 Å². The first-order valence-corrected chi connectivity index (χ1v) is 10.4. The molecule has 0 bridgehead atoms. The minimum absolute atomic E-state index is 0.0106. The first kappa shape index (κ1) is 25.2. The number of nitrogens with one attached hydrogen (secondary N) is 1. The molecule has 0 saturated carbocycles. The van der Waals surface area contributed by atoms with Crippen LogP contribution in [0.1, 0.15) is 94.4 Å². The molecule has 0 aromatic heterocycles. The summed E-state index contributed by atoms with van der Waals surface area (Å²) in [5.74, 6) is 0.0996. The van der Waals surface area contributed by atoms with E-state index in [1.54, 1.807) is 0 Å². The molecule has 0 rings (SSSR count). The lowest BCUT2D eigenvalue weighted by molar-refractivity contribution is -0.131. The van der Waals surface area contributed by atoms with Crippen LogP contribution in [0.5, 0.6) is 0 Å². The van der Waals surface area contributed by atoms with Crippen LogP contribution in [0.4, 0.5) is 0 Å². The third kappa shape index (κ3) is 7.42. The maximum atomic E-state index is 12.5. The monoisotopic (exact) mass is 366 g/mol. The summed E-state index contributed by atoms with van der Waals surface area (Å²) in [5, 5.41) is 2.96. The molecule has 0 aromatic carbocycles. The molecule has 0 radical (unpaired) electrons. The van der Waals surface area contributed by atoms with Crippen molar-refractivity contribution in [2.24, 2.45) is 27.4 Å². The van der Waals surface area contributed by atoms with Crippen LogP contribution in [-0.4, -0.2) is 19.0 Å². The highest BCUT2D eigenvalue weighted by Crippen LogP contribution is 2.50. The first-order chi connectivity index (χ1) is 11.8. The molecule has 0 saturated heterocycles. The molecule has 0 spiro atoms. The Morgan fingerprint density at radius 2 is 1.62 bits per heavy atom. The van der Waals surface area contributed by atoms with Crippen LogP contribution in [0.25, 0.3) is 0 Å². The van der Waals surface area contributed by atoms with Gasteiger partial charge in [0.25, 0.3) is 0 Å². The smallest absolute Gasteiger partial charge is 0.225 e. The number of hydrogen-bond acceptors (Lipinski definition) is 2. The second-order valence-electron chi connectivity index (χ2n) is 10.3. The lowest BCUT2D eigenvalue weighted by Crippen LogP contribution is -2.45. The summed E-state index contributed by atoms with van der Waals surface area (Å²) >= 11 is 0. The standard InChI is InChI=1S/C23H46N2O/c1-10-13-20(3,4)14-12-15-23(9,11-2)22(7,8)18-21(5,6)19(26)25-17-16-24/h12,15H,10-11,13-14,16-18,24H2,1-9H3,(H,25,26). The quantitative estimate of drug-likeness (QED) is 0.436. The minimum Gasteiger partial charge on any atom is -0.354 e. The van der Waals surface area contributed by atoms with Crippen molar-refractivity contribution in [2.45, 2.75) is 94.4 Å². The lowest BCUT2D eigenvalue weighted by Gasteiger charge is -2.46. The fourth-order valence-corrected chi connectivity index (χ4v) is 4.05. The van der Waals surface area contributed by atoms with E-state index < -0.39 is 5.41 Å². The van der Waals surface area contributed by atoms with Gasteiger partial charge in [0.15, 0.2) is 0 Å². The van der Waals surface area contributed by atoms with E-state index in [1.165, 1.54) is 12.8 Å². The number of amides is 1. The van der Waals surface area contributed by atoms with Gasteiger partial charge in [0, 0.05) is 18.5 Å².